The number of hydrogen-bond acceptors (Lipinski definition) is 2. The monoisotopic (exact) mass is 285 g/mol. The van der Waals surface area contributed by atoms with Gasteiger partial charge in [0.2, 0.25) is 0 Å². The summed E-state index contributed by atoms with van der Waals surface area (Å²) in [6.45, 7) is 9.98. The standard InChI is InChI=1S/C19H27NO/c1-19(2,3)15-20(12-7-13-21)14-17-10-6-9-16-8-4-5-11-18(16)17/h4-6,8-11,21H,7,12-15H2,1-3H3. The highest BCUT2D eigenvalue weighted by Crippen LogP contribution is 2.22. The molecule has 0 radical (unpaired) electrons. The molecule has 0 heterocycles. The van der Waals surface area contributed by atoms with Gasteiger partial charge in [0.1, 0.15) is 0 Å². The van der Waals surface area contributed by atoms with Crippen LogP contribution in [-0.4, -0.2) is 29.7 Å². The predicted octanol–water partition coefficient (Wildman–Crippen LogP) is 4.07. The van der Waals surface area contributed by atoms with Crippen LogP contribution in [0.4, 0.5) is 0 Å². The Morgan fingerprint density at radius 2 is 1.71 bits per heavy atom. The molecular weight excluding hydrogens is 258 g/mol. The van der Waals surface area contributed by atoms with Gasteiger partial charge in [-0.2, -0.15) is 0 Å². The number of nitrogens with zero attached hydrogens (tertiary/aromatic N) is 1. The van der Waals surface area contributed by atoms with Crippen LogP contribution in [0.5, 0.6) is 0 Å². The van der Waals surface area contributed by atoms with E-state index in [-0.39, 0.29) is 12.0 Å². The molecule has 0 aliphatic rings. The minimum atomic E-state index is 0.260. The first kappa shape index (κ1) is 16.0. The van der Waals surface area contributed by atoms with Crippen molar-refractivity contribution >= 4 is 10.8 Å². The number of hydrogen-bond donors (Lipinski definition) is 1. The smallest absolute Gasteiger partial charge is 0.0443 e. The summed E-state index contributed by atoms with van der Waals surface area (Å²) in [5.41, 5.74) is 1.63. The predicted molar refractivity (Wildman–Crippen MR) is 90.4 cm³/mol. The molecule has 2 aromatic rings. The Morgan fingerprint density at radius 1 is 1.00 bits per heavy atom. The van der Waals surface area contributed by atoms with Gasteiger partial charge in [0.05, 0.1) is 0 Å². The van der Waals surface area contributed by atoms with Crippen LogP contribution >= 0.6 is 0 Å². The van der Waals surface area contributed by atoms with Crippen LogP contribution in [0.1, 0.15) is 32.8 Å². The van der Waals surface area contributed by atoms with Gasteiger partial charge in [-0.05, 0) is 28.2 Å². The zero-order valence-electron chi connectivity index (χ0n) is 13.5. The van der Waals surface area contributed by atoms with Crippen molar-refractivity contribution in [3.63, 3.8) is 0 Å². The molecule has 2 rings (SSSR count). The highest BCUT2D eigenvalue weighted by molar-refractivity contribution is 5.85. The molecule has 0 saturated heterocycles. The van der Waals surface area contributed by atoms with E-state index >= 15 is 0 Å². The lowest BCUT2D eigenvalue weighted by Gasteiger charge is -2.30. The zero-order valence-corrected chi connectivity index (χ0v) is 13.5. The van der Waals surface area contributed by atoms with E-state index in [4.69, 9.17) is 5.11 Å². The van der Waals surface area contributed by atoms with Gasteiger partial charge in [0, 0.05) is 26.2 Å². The molecule has 0 aliphatic carbocycles. The number of benzene rings is 2. The molecule has 0 amide bonds. The average molecular weight is 285 g/mol. The van der Waals surface area contributed by atoms with Crippen LogP contribution in [0.2, 0.25) is 0 Å². The van der Waals surface area contributed by atoms with Crippen molar-refractivity contribution in [1.29, 1.82) is 0 Å². The number of aliphatic hydroxyl groups is 1. The second-order valence-corrected chi connectivity index (χ2v) is 6.99. The molecule has 2 nitrogen and oxygen atoms in total. The molecule has 0 fully saturated rings. The molecule has 0 unspecified atom stereocenters. The van der Waals surface area contributed by atoms with Crippen molar-refractivity contribution in [2.75, 3.05) is 19.7 Å². The number of aliphatic hydroxyl groups excluding tert-OH is 1. The van der Waals surface area contributed by atoms with Crippen molar-refractivity contribution in [1.82, 2.24) is 4.90 Å². The van der Waals surface area contributed by atoms with E-state index in [1.54, 1.807) is 0 Å². The molecule has 2 heteroatoms. The molecule has 0 spiro atoms. The summed E-state index contributed by atoms with van der Waals surface area (Å²) in [6.07, 6.45) is 0.834. The van der Waals surface area contributed by atoms with Crippen LogP contribution in [-0.2, 0) is 6.54 Å². The summed E-state index contributed by atoms with van der Waals surface area (Å²) >= 11 is 0. The largest absolute Gasteiger partial charge is 0.396 e. The van der Waals surface area contributed by atoms with Crippen molar-refractivity contribution in [2.24, 2.45) is 5.41 Å². The van der Waals surface area contributed by atoms with Gasteiger partial charge in [0.15, 0.2) is 0 Å². The highest BCUT2D eigenvalue weighted by atomic mass is 16.3. The first-order valence-corrected chi connectivity index (χ1v) is 7.79. The summed E-state index contributed by atoms with van der Waals surface area (Å²) in [5.74, 6) is 0. The van der Waals surface area contributed by atoms with Crippen LogP contribution < -0.4 is 0 Å². The Balaban J connectivity index is 2.21. The quantitative estimate of drug-likeness (QED) is 0.865. The maximum atomic E-state index is 9.12. The second-order valence-electron chi connectivity index (χ2n) is 6.99. The highest BCUT2D eigenvalue weighted by Gasteiger charge is 2.17. The average Bonchev–Trinajstić information content (AvgIpc) is 2.43. The van der Waals surface area contributed by atoms with Crippen molar-refractivity contribution in [3.8, 4) is 0 Å². The lowest BCUT2D eigenvalue weighted by atomic mass is 9.95. The first-order chi connectivity index (χ1) is 9.99. The fourth-order valence-corrected chi connectivity index (χ4v) is 2.85. The third-order valence-corrected chi connectivity index (χ3v) is 3.60. The van der Waals surface area contributed by atoms with Crippen LogP contribution in [0.15, 0.2) is 42.5 Å². The topological polar surface area (TPSA) is 23.5 Å². The Morgan fingerprint density at radius 3 is 2.43 bits per heavy atom. The lowest BCUT2D eigenvalue weighted by molar-refractivity contribution is 0.166. The molecule has 0 aliphatic heterocycles. The summed E-state index contributed by atoms with van der Waals surface area (Å²) in [6, 6.07) is 15.1. The van der Waals surface area contributed by atoms with Crippen molar-refractivity contribution in [3.05, 3.63) is 48.0 Å². The fraction of sp³-hybridized carbons (Fsp3) is 0.474. The molecule has 0 atom stereocenters. The van der Waals surface area contributed by atoms with E-state index in [1.165, 1.54) is 16.3 Å². The molecule has 0 aromatic heterocycles. The maximum absolute atomic E-state index is 9.12. The Labute approximate surface area is 128 Å². The fourth-order valence-electron chi connectivity index (χ4n) is 2.85. The van der Waals surface area contributed by atoms with Gasteiger partial charge in [0.25, 0.3) is 0 Å². The van der Waals surface area contributed by atoms with Gasteiger partial charge in [-0.15, -0.1) is 0 Å². The van der Waals surface area contributed by atoms with E-state index in [9.17, 15) is 0 Å². The van der Waals surface area contributed by atoms with E-state index < -0.39 is 0 Å². The summed E-state index contributed by atoms with van der Waals surface area (Å²) in [7, 11) is 0. The number of rotatable bonds is 6. The Bertz CT molecular complexity index is 566. The van der Waals surface area contributed by atoms with E-state index in [2.05, 4.69) is 68.1 Å². The summed E-state index contributed by atoms with van der Waals surface area (Å²) < 4.78 is 0. The van der Waals surface area contributed by atoms with Crippen molar-refractivity contribution in [2.45, 2.75) is 33.7 Å². The van der Waals surface area contributed by atoms with Gasteiger partial charge >= 0.3 is 0 Å². The summed E-state index contributed by atoms with van der Waals surface area (Å²) in [5, 5.41) is 11.8. The Hall–Kier alpha value is -1.38. The minimum Gasteiger partial charge on any atom is -0.396 e. The molecule has 0 saturated carbocycles. The molecule has 2 aromatic carbocycles. The lowest BCUT2D eigenvalue weighted by Crippen LogP contribution is -2.33. The van der Waals surface area contributed by atoms with E-state index in [0.717, 1.165) is 26.1 Å². The Kier molecular flexibility index (Phi) is 5.38. The molecule has 0 bridgehead atoms. The van der Waals surface area contributed by atoms with Crippen LogP contribution in [0, 0.1) is 5.41 Å². The van der Waals surface area contributed by atoms with E-state index in [1.807, 2.05) is 0 Å². The van der Waals surface area contributed by atoms with Gasteiger partial charge < -0.3 is 5.11 Å². The third-order valence-electron chi connectivity index (χ3n) is 3.60. The van der Waals surface area contributed by atoms with Crippen LogP contribution in [0.3, 0.4) is 0 Å². The van der Waals surface area contributed by atoms with Gasteiger partial charge in [-0.25, -0.2) is 0 Å². The number of fused-ring (bicyclic) bond motifs is 1. The van der Waals surface area contributed by atoms with Gasteiger partial charge in [-0.3, -0.25) is 4.90 Å². The first-order valence-electron chi connectivity index (χ1n) is 7.79. The maximum Gasteiger partial charge on any atom is 0.0443 e. The molecule has 114 valence electrons. The summed E-state index contributed by atoms with van der Waals surface area (Å²) in [4.78, 5) is 2.46. The normalized spacial score (nSPS) is 12.2. The third kappa shape index (κ3) is 4.83. The van der Waals surface area contributed by atoms with Gasteiger partial charge in [-0.1, -0.05) is 63.2 Å². The molecule has 21 heavy (non-hydrogen) atoms. The SMILES string of the molecule is CC(C)(C)CN(CCCO)Cc1cccc2ccccc12. The second kappa shape index (κ2) is 7.06. The minimum absolute atomic E-state index is 0.260. The molecular formula is C19H27NO. The molecule has 1 N–H and O–H groups in total. The van der Waals surface area contributed by atoms with E-state index in [0.29, 0.717) is 0 Å². The zero-order chi connectivity index (χ0) is 15.3. The van der Waals surface area contributed by atoms with Crippen molar-refractivity contribution < 1.29 is 5.11 Å². The van der Waals surface area contributed by atoms with Crippen LogP contribution in [0.25, 0.3) is 10.8 Å².